The fraction of sp³-hybridized carbons (Fsp3) is 0.933. The Morgan fingerprint density at radius 2 is 1.03 bits per heavy atom. The van der Waals surface area contributed by atoms with E-state index >= 15 is 0 Å². The van der Waals surface area contributed by atoms with Gasteiger partial charge in [0.1, 0.15) is 13.2 Å². The maximum Gasteiger partial charge on any atom is 0.327 e. The predicted octanol–water partition coefficient (Wildman–Crippen LogP) is 9.59. The number of rotatable bonds is 30. The Labute approximate surface area is 240 Å². The van der Waals surface area contributed by atoms with Gasteiger partial charge in [-0.15, -0.1) is 0 Å². The van der Waals surface area contributed by atoms with E-state index in [1.54, 1.807) is 0 Å². The summed E-state index contributed by atoms with van der Waals surface area (Å²) in [5.41, 5.74) is 0. The molecule has 6 nitrogen and oxygen atoms in total. The molecule has 8 heteroatoms. The van der Waals surface area contributed by atoms with Gasteiger partial charge in [-0.2, -0.15) is 12.6 Å². The maximum absolute atomic E-state index is 12.2. The molecule has 0 aliphatic rings. The summed E-state index contributed by atoms with van der Waals surface area (Å²) in [7, 11) is -0.484. The minimum absolute atomic E-state index is 0.0586. The van der Waals surface area contributed by atoms with Crippen molar-refractivity contribution in [1.82, 2.24) is 0 Å². The lowest BCUT2D eigenvalue weighted by Gasteiger charge is -2.16. The Hall–Kier alpha value is -0.650. The van der Waals surface area contributed by atoms with E-state index in [0.717, 1.165) is 44.3 Å². The minimum atomic E-state index is -0.728. The molecule has 0 radical (unpaired) electrons. The van der Waals surface area contributed by atoms with Crippen molar-refractivity contribution in [2.75, 3.05) is 19.0 Å². The zero-order valence-corrected chi connectivity index (χ0v) is 26.1. The molecule has 0 aromatic carbocycles. The molecule has 0 aliphatic carbocycles. The zero-order valence-electron chi connectivity index (χ0n) is 24.3. The first-order chi connectivity index (χ1) is 18.6. The summed E-state index contributed by atoms with van der Waals surface area (Å²) in [6.45, 7) is 2.12. The van der Waals surface area contributed by atoms with Crippen molar-refractivity contribution in [2.24, 2.45) is 0 Å². The second-order valence-electron chi connectivity index (χ2n) is 10.5. The van der Waals surface area contributed by atoms with Crippen LogP contribution < -0.4 is 0 Å². The summed E-state index contributed by atoms with van der Waals surface area (Å²) in [6, 6.07) is 0. The number of ether oxygens (including phenoxy) is 2. The lowest BCUT2D eigenvalue weighted by molar-refractivity contribution is -0.160. The smallest absolute Gasteiger partial charge is 0.327 e. The van der Waals surface area contributed by atoms with E-state index in [9.17, 15) is 14.2 Å². The van der Waals surface area contributed by atoms with Crippen LogP contribution in [0.1, 0.15) is 155 Å². The Morgan fingerprint density at radius 3 is 1.47 bits per heavy atom. The van der Waals surface area contributed by atoms with Crippen molar-refractivity contribution in [3.8, 4) is 0 Å². The molecular weight excluding hydrogens is 519 g/mol. The molecule has 0 aromatic rings. The van der Waals surface area contributed by atoms with E-state index in [0.29, 0.717) is 12.8 Å². The van der Waals surface area contributed by atoms with Crippen molar-refractivity contribution in [3.05, 3.63) is 0 Å². The summed E-state index contributed by atoms with van der Waals surface area (Å²) in [5, 5.41) is 0. The molecule has 0 unspecified atom stereocenters. The first kappa shape index (κ1) is 37.4. The Bertz CT molecular complexity index is 549. The van der Waals surface area contributed by atoms with Gasteiger partial charge in [0, 0.05) is 12.8 Å². The van der Waals surface area contributed by atoms with E-state index in [1.165, 1.54) is 96.3 Å². The van der Waals surface area contributed by atoms with Crippen LogP contribution in [0.3, 0.4) is 0 Å². The highest BCUT2D eigenvalue weighted by Gasteiger charge is 2.17. The van der Waals surface area contributed by atoms with Crippen molar-refractivity contribution < 1.29 is 28.2 Å². The van der Waals surface area contributed by atoms with Crippen LogP contribution >= 0.6 is 21.3 Å². The molecule has 0 amide bonds. The summed E-state index contributed by atoms with van der Waals surface area (Å²) >= 11 is 4.24. The van der Waals surface area contributed by atoms with Gasteiger partial charge in [-0.1, -0.05) is 122 Å². The van der Waals surface area contributed by atoms with E-state index < -0.39 is 14.8 Å². The van der Waals surface area contributed by atoms with Crippen LogP contribution in [0.25, 0.3) is 0 Å². The van der Waals surface area contributed by atoms with E-state index in [1.807, 2.05) is 0 Å². The van der Waals surface area contributed by atoms with E-state index in [4.69, 9.17) is 14.0 Å². The fourth-order valence-corrected chi connectivity index (χ4v) is 4.91. The van der Waals surface area contributed by atoms with Crippen molar-refractivity contribution in [3.63, 3.8) is 0 Å². The molecule has 0 rings (SSSR count). The standard InChI is InChI=1S/C30H57O6PS/c1-2-3-4-5-6-7-8-12-15-18-21-24-30(32)36-28(27-35-37-33)26-34-29(31)23-20-17-14-11-9-10-13-16-19-22-25-38/h28,38H,2-27H2,1H3/t28-/m1/s1. The predicted molar refractivity (Wildman–Crippen MR) is 160 cm³/mol. The highest BCUT2D eigenvalue weighted by atomic mass is 32.1. The van der Waals surface area contributed by atoms with Crippen molar-refractivity contribution in [2.45, 2.75) is 161 Å². The Balaban J connectivity index is 3.79. The van der Waals surface area contributed by atoms with Gasteiger partial charge >= 0.3 is 20.6 Å². The van der Waals surface area contributed by atoms with E-state index in [2.05, 4.69) is 19.6 Å². The van der Waals surface area contributed by atoms with E-state index in [-0.39, 0.29) is 25.2 Å². The van der Waals surface area contributed by atoms with Gasteiger partial charge in [0.2, 0.25) is 0 Å². The largest absolute Gasteiger partial charge is 0.462 e. The van der Waals surface area contributed by atoms with Crippen LogP contribution in [0.5, 0.6) is 0 Å². The van der Waals surface area contributed by atoms with Crippen LogP contribution in [0.15, 0.2) is 0 Å². The number of esters is 2. The summed E-state index contributed by atoms with van der Waals surface area (Å²) in [5.74, 6) is 0.372. The van der Waals surface area contributed by atoms with Crippen LogP contribution in [0, 0.1) is 0 Å². The average Bonchev–Trinajstić information content (AvgIpc) is 2.91. The average molecular weight is 577 g/mol. The SMILES string of the molecule is CCCCCCCCCCCCCC(=O)O[C@@H](COP=O)COC(=O)CCCCCCCCCCCCS. The monoisotopic (exact) mass is 576 g/mol. The van der Waals surface area contributed by atoms with Crippen LogP contribution in [0.2, 0.25) is 0 Å². The normalized spacial score (nSPS) is 12.1. The van der Waals surface area contributed by atoms with Gasteiger partial charge in [-0.3, -0.25) is 14.1 Å². The fourth-order valence-electron chi connectivity index (χ4n) is 4.46. The summed E-state index contributed by atoms with van der Waals surface area (Å²) in [6.07, 6.45) is 25.2. The molecule has 0 aromatic heterocycles. The Morgan fingerprint density at radius 1 is 0.605 bits per heavy atom. The maximum atomic E-state index is 12.2. The van der Waals surface area contributed by atoms with Gasteiger partial charge in [0.05, 0.1) is 0 Å². The minimum Gasteiger partial charge on any atom is -0.462 e. The quantitative estimate of drug-likeness (QED) is 0.0397. The number of carbonyl (C=O) groups is 2. The van der Waals surface area contributed by atoms with Gasteiger partial charge in [0.15, 0.2) is 6.10 Å². The molecule has 0 spiro atoms. The molecule has 0 N–H and O–H groups in total. The molecular formula is C30H57O6PS. The number of hydrogen-bond donors (Lipinski definition) is 1. The topological polar surface area (TPSA) is 78.9 Å². The molecule has 0 heterocycles. The molecule has 0 aliphatic heterocycles. The number of unbranched alkanes of at least 4 members (excludes halogenated alkanes) is 19. The van der Waals surface area contributed by atoms with Gasteiger partial charge in [-0.25, -0.2) is 4.57 Å². The molecule has 0 saturated heterocycles. The van der Waals surface area contributed by atoms with Crippen LogP contribution in [0.4, 0.5) is 0 Å². The number of thiol groups is 1. The van der Waals surface area contributed by atoms with Gasteiger partial charge in [0.25, 0.3) is 0 Å². The second-order valence-corrected chi connectivity index (χ2v) is 11.3. The molecule has 0 saturated carbocycles. The number of carbonyl (C=O) groups excluding carboxylic acids is 2. The molecule has 224 valence electrons. The third-order valence-corrected chi connectivity index (χ3v) is 7.39. The molecule has 0 bridgehead atoms. The highest BCUT2D eigenvalue weighted by molar-refractivity contribution is 7.80. The first-order valence-electron chi connectivity index (χ1n) is 15.5. The van der Waals surface area contributed by atoms with Crippen molar-refractivity contribution >= 4 is 33.3 Å². The summed E-state index contributed by atoms with van der Waals surface area (Å²) < 4.78 is 26.2. The third-order valence-electron chi connectivity index (χ3n) is 6.81. The zero-order chi connectivity index (χ0) is 27.9. The van der Waals surface area contributed by atoms with Gasteiger partial charge < -0.3 is 9.47 Å². The Kier molecular flexibility index (Phi) is 30.4. The lowest BCUT2D eigenvalue weighted by atomic mass is 10.1. The van der Waals surface area contributed by atoms with Crippen LogP contribution in [-0.2, 0) is 28.2 Å². The lowest BCUT2D eigenvalue weighted by Crippen LogP contribution is -2.28. The molecule has 38 heavy (non-hydrogen) atoms. The number of hydrogen-bond acceptors (Lipinski definition) is 7. The first-order valence-corrected chi connectivity index (χ1v) is 16.9. The highest BCUT2D eigenvalue weighted by Crippen LogP contribution is 2.14. The van der Waals surface area contributed by atoms with Crippen molar-refractivity contribution in [1.29, 1.82) is 0 Å². The summed E-state index contributed by atoms with van der Waals surface area (Å²) in [4.78, 5) is 24.3. The van der Waals surface area contributed by atoms with Gasteiger partial charge in [-0.05, 0) is 25.0 Å². The third kappa shape index (κ3) is 28.4. The molecule has 0 fully saturated rings. The van der Waals surface area contributed by atoms with Crippen LogP contribution in [-0.4, -0.2) is 37.0 Å². The second kappa shape index (κ2) is 30.9. The molecule has 1 atom stereocenters.